The van der Waals surface area contributed by atoms with Crippen molar-refractivity contribution in [3.63, 3.8) is 0 Å². The number of carbonyl (C=O) groups is 1. The largest absolute Gasteiger partial charge is 1.00 e. The van der Waals surface area contributed by atoms with E-state index in [0.29, 0.717) is 0 Å². The molecule has 164 valence electrons. The van der Waals surface area contributed by atoms with Crippen LogP contribution < -0.4 is 92.6 Å². The number of carboxylic acids is 1. The molecule has 0 spiro atoms. The first-order valence-corrected chi connectivity index (χ1v) is 8.61. The Hall–Kier alpha value is -2.35. The van der Waals surface area contributed by atoms with Crippen molar-refractivity contribution < 1.29 is 98.9 Å². The standard InChI is InChI=1S/C19H18N4O8.2Na.H/c1-26-12-8-13(27-2)21-18(20-12)30-10-6-5-7-11(16(10)17(24)25)31-19-22-14(28-3)9-15(23-19)29-4;;;/h5-9H,1-4H3,(H,24,25);;;/q;2*+1;-1/p-1. The average molecular weight is 476 g/mol. The Bertz CT molecular complexity index is 990. The zero-order valence-corrected chi connectivity index (χ0v) is 22.9. The predicted octanol–water partition coefficient (Wildman–Crippen LogP) is -4.63. The van der Waals surface area contributed by atoms with Gasteiger partial charge in [-0.3, -0.25) is 0 Å². The van der Waals surface area contributed by atoms with Gasteiger partial charge in [0.05, 0.1) is 52.1 Å². The maximum atomic E-state index is 11.9. The summed E-state index contributed by atoms with van der Waals surface area (Å²) in [5.74, 6) is -1.26. The quantitative estimate of drug-likeness (QED) is 0.274. The molecule has 14 heteroatoms. The van der Waals surface area contributed by atoms with E-state index in [2.05, 4.69) is 19.9 Å². The second-order valence-corrected chi connectivity index (χ2v) is 5.59. The molecule has 1 aromatic carbocycles. The fourth-order valence-corrected chi connectivity index (χ4v) is 2.36. The summed E-state index contributed by atoms with van der Waals surface area (Å²) < 4.78 is 31.3. The Morgan fingerprint density at radius 3 is 1.33 bits per heavy atom. The summed E-state index contributed by atoms with van der Waals surface area (Å²) in [7, 11) is 5.59. The predicted molar refractivity (Wildman–Crippen MR) is 102 cm³/mol. The first-order chi connectivity index (χ1) is 15.0. The molecule has 0 amide bonds. The third-order valence-electron chi connectivity index (χ3n) is 3.75. The molecular formula is C19H18N4Na2O8. The second-order valence-electron chi connectivity index (χ2n) is 5.59. The van der Waals surface area contributed by atoms with Crippen LogP contribution in [0.4, 0.5) is 0 Å². The molecule has 0 saturated heterocycles. The minimum absolute atomic E-state index is 0. The van der Waals surface area contributed by atoms with Gasteiger partial charge in [-0.2, -0.15) is 19.9 Å². The van der Waals surface area contributed by atoms with Gasteiger partial charge in [0.15, 0.2) is 0 Å². The van der Waals surface area contributed by atoms with Gasteiger partial charge in [-0.15, -0.1) is 0 Å². The number of nitrogens with zero attached hydrogens (tertiary/aromatic N) is 4. The summed E-state index contributed by atoms with van der Waals surface area (Å²) >= 11 is 0. The Morgan fingerprint density at radius 2 is 1.06 bits per heavy atom. The van der Waals surface area contributed by atoms with Gasteiger partial charge in [0, 0.05) is 0 Å². The Kier molecular flexibility index (Phi) is 11.6. The number of aromatic nitrogens is 4. The van der Waals surface area contributed by atoms with Crippen molar-refractivity contribution in [1.82, 2.24) is 19.9 Å². The van der Waals surface area contributed by atoms with Gasteiger partial charge in [0.25, 0.3) is 0 Å². The molecule has 33 heavy (non-hydrogen) atoms. The SMILES string of the molecule is COc1cc(OC)nc(Oc2cccc(Oc3nc(OC)cc(OC)n3)c2C(=O)[O-])n1.[H-].[Na+].[Na+]. The number of carboxylic acid groups (broad SMARTS) is 1. The number of benzene rings is 1. The number of rotatable bonds is 9. The minimum atomic E-state index is -1.57. The Morgan fingerprint density at radius 1 is 0.727 bits per heavy atom. The van der Waals surface area contributed by atoms with Crippen LogP contribution in [-0.4, -0.2) is 54.3 Å². The normalized spacial score (nSPS) is 9.58. The van der Waals surface area contributed by atoms with Crippen molar-refractivity contribution in [3.05, 3.63) is 35.9 Å². The zero-order valence-electron chi connectivity index (χ0n) is 19.9. The van der Waals surface area contributed by atoms with E-state index in [0.717, 1.165) is 0 Å². The first-order valence-electron chi connectivity index (χ1n) is 8.61. The van der Waals surface area contributed by atoms with E-state index in [1.165, 1.54) is 58.8 Å². The average Bonchev–Trinajstić information content (AvgIpc) is 2.78. The molecule has 0 atom stereocenters. The van der Waals surface area contributed by atoms with Gasteiger partial charge in [0.1, 0.15) is 11.5 Å². The molecule has 2 heterocycles. The first kappa shape index (κ1) is 28.7. The molecular weight excluding hydrogens is 458 g/mol. The summed E-state index contributed by atoms with van der Waals surface area (Å²) in [4.78, 5) is 27.9. The molecule has 3 aromatic rings. The van der Waals surface area contributed by atoms with Crippen LogP contribution in [-0.2, 0) is 0 Å². The third-order valence-corrected chi connectivity index (χ3v) is 3.75. The fraction of sp³-hybridized carbons (Fsp3) is 0.211. The molecule has 12 nitrogen and oxygen atoms in total. The van der Waals surface area contributed by atoms with E-state index in [4.69, 9.17) is 28.4 Å². The topological polar surface area (TPSA) is 147 Å². The van der Waals surface area contributed by atoms with Crippen LogP contribution in [0.25, 0.3) is 0 Å². The number of methoxy groups -OCH3 is 4. The zero-order chi connectivity index (χ0) is 22.4. The smallest absolute Gasteiger partial charge is 1.00 e. The van der Waals surface area contributed by atoms with Crippen molar-refractivity contribution in [2.75, 3.05) is 28.4 Å². The number of hydrogen-bond acceptors (Lipinski definition) is 12. The Balaban J connectivity index is 0.00000363. The number of carbonyl (C=O) groups excluding carboxylic acids is 1. The minimum Gasteiger partial charge on any atom is -1.00 e. The van der Waals surface area contributed by atoms with Crippen molar-refractivity contribution in [2.24, 2.45) is 0 Å². The summed E-state index contributed by atoms with van der Waals surface area (Å²) in [6.07, 6.45) is 0. The van der Waals surface area contributed by atoms with Crippen molar-refractivity contribution in [1.29, 1.82) is 0 Å². The molecule has 0 aliphatic heterocycles. The van der Waals surface area contributed by atoms with Gasteiger partial charge >= 0.3 is 71.1 Å². The van der Waals surface area contributed by atoms with Gasteiger partial charge in [-0.05, 0) is 12.1 Å². The van der Waals surface area contributed by atoms with E-state index in [1.54, 1.807) is 0 Å². The molecule has 0 aliphatic rings. The molecule has 2 aromatic heterocycles. The summed E-state index contributed by atoms with van der Waals surface area (Å²) in [6.45, 7) is 0. The van der Waals surface area contributed by atoms with E-state index in [9.17, 15) is 9.90 Å². The number of hydrogen-bond donors (Lipinski definition) is 0. The molecule has 0 bridgehead atoms. The molecule has 0 radical (unpaired) electrons. The van der Waals surface area contributed by atoms with Gasteiger partial charge < -0.3 is 39.7 Å². The number of ether oxygens (including phenoxy) is 6. The fourth-order valence-electron chi connectivity index (χ4n) is 2.36. The van der Waals surface area contributed by atoms with Crippen molar-refractivity contribution in [2.45, 2.75) is 0 Å². The van der Waals surface area contributed by atoms with Crippen LogP contribution in [0.1, 0.15) is 11.8 Å². The van der Waals surface area contributed by atoms with E-state index in [-0.39, 0.29) is 108 Å². The summed E-state index contributed by atoms with van der Waals surface area (Å²) in [6, 6.07) is 6.68. The van der Waals surface area contributed by atoms with Crippen LogP contribution in [0.5, 0.6) is 47.0 Å². The van der Waals surface area contributed by atoms with E-state index >= 15 is 0 Å². The van der Waals surface area contributed by atoms with Crippen molar-refractivity contribution in [3.8, 4) is 47.0 Å². The Labute approximate surface area is 234 Å². The molecule has 0 aliphatic carbocycles. The van der Waals surface area contributed by atoms with Crippen LogP contribution in [0.3, 0.4) is 0 Å². The molecule has 0 saturated carbocycles. The van der Waals surface area contributed by atoms with Gasteiger partial charge in [-0.25, -0.2) is 0 Å². The number of aromatic carboxylic acids is 1. The maximum absolute atomic E-state index is 11.9. The van der Waals surface area contributed by atoms with Crippen molar-refractivity contribution >= 4 is 5.97 Å². The molecule has 3 rings (SSSR count). The maximum Gasteiger partial charge on any atom is 1.00 e. The molecule has 0 fully saturated rings. The third kappa shape index (κ3) is 7.32. The van der Waals surface area contributed by atoms with Crippen LogP contribution in [0.15, 0.2) is 30.3 Å². The second kappa shape index (κ2) is 13.4. The summed E-state index contributed by atoms with van der Waals surface area (Å²) in [5.41, 5.74) is -0.418. The van der Waals surface area contributed by atoms with Crippen LogP contribution >= 0.6 is 0 Å². The van der Waals surface area contributed by atoms with Gasteiger partial charge in [0.2, 0.25) is 23.5 Å². The molecule has 0 N–H and O–H groups in total. The van der Waals surface area contributed by atoms with Crippen LogP contribution in [0, 0.1) is 0 Å². The van der Waals surface area contributed by atoms with E-state index < -0.39 is 11.5 Å². The van der Waals surface area contributed by atoms with Crippen LogP contribution in [0.2, 0.25) is 0 Å². The summed E-state index contributed by atoms with van der Waals surface area (Å²) in [5, 5.41) is 11.9. The van der Waals surface area contributed by atoms with E-state index in [1.807, 2.05) is 0 Å². The molecule has 0 unspecified atom stereocenters. The van der Waals surface area contributed by atoms with Gasteiger partial charge in [-0.1, -0.05) is 6.07 Å². The monoisotopic (exact) mass is 476 g/mol.